The lowest BCUT2D eigenvalue weighted by atomic mass is 10.0. The van der Waals surface area contributed by atoms with Crippen LogP contribution in [0.3, 0.4) is 0 Å². The molecular weight excluding hydrogens is 374 g/mol. The maximum atomic E-state index is 12.9. The van der Waals surface area contributed by atoms with E-state index < -0.39 is 6.10 Å². The Balaban J connectivity index is 1.47. The van der Waals surface area contributed by atoms with Crippen LogP contribution in [0.5, 0.6) is 5.75 Å². The van der Waals surface area contributed by atoms with Gasteiger partial charge >= 0.3 is 0 Å². The van der Waals surface area contributed by atoms with Gasteiger partial charge in [-0.1, -0.05) is 12.1 Å². The number of hydrogen-bond acceptors (Lipinski definition) is 6. The summed E-state index contributed by atoms with van der Waals surface area (Å²) in [6.07, 6.45) is 6.52. The number of piperidine rings is 1. The third-order valence-electron chi connectivity index (χ3n) is 4.92. The normalized spacial score (nSPS) is 19.6. The number of ether oxygens (including phenoxy) is 1. The number of nitrogens with zero attached hydrogens (tertiary/aromatic N) is 3. The molecule has 2 atom stereocenters. The van der Waals surface area contributed by atoms with Crippen LogP contribution in [0, 0.1) is 0 Å². The highest BCUT2D eigenvalue weighted by Gasteiger charge is 2.33. The van der Waals surface area contributed by atoms with E-state index in [1.54, 1.807) is 35.6 Å². The van der Waals surface area contributed by atoms with E-state index in [-0.39, 0.29) is 18.6 Å². The molecule has 6 nitrogen and oxygen atoms in total. The number of carbonyl (C=O) groups excluding carboxylic acids is 1. The van der Waals surface area contributed by atoms with E-state index in [1.807, 2.05) is 30.5 Å². The maximum Gasteiger partial charge on any atom is 0.256 e. The first-order valence-corrected chi connectivity index (χ1v) is 10.4. The minimum atomic E-state index is -0.760. The van der Waals surface area contributed by atoms with E-state index in [1.165, 1.54) is 11.8 Å². The first-order chi connectivity index (χ1) is 13.7. The first kappa shape index (κ1) is 18.7. The fraction of sp³-hybridized carbons (Fsp3) is 0.286. The van der Waals surface area contributed by atoms with Gasteiger partial charge in [-0.2, -0.15) is 0 Å². The number of likely N-dealkylation sites (tertiary alicyclic amines) is 1. The first-order valence-electron chi connectivity index (χ1n) is 9.13. The molecule has 1 fully saturated rings. The predicted molar refractivity (Wildman–Crippen MR) is 109 cm³/mol. The lowest BCUT2D eigenvalue weighted by molar-refractivity contribution is -0.0194. The van der Waals surface area contributed by atoms with Crippen molar-refractivity contribution < 1.29 is 14.6 Å². The molecule has 144 valence electrons. The number of aliphatic hydroxyl groups is 1. The average molecular weight is 395 g/mol. The van der Waals surface area contributed by atoms with Gasteiger partial charge in [0, 0.05) is 42.3 Å². The second kappa shape index (κ2) is 8.16. The van der Waals surface area contributed by atoms with Crippen molar-refractivity contribution in [2.45, 2.75) is 23.7 Å². The number of aromatic nitrogens is 2. The lowest BCUT2D eigenvalue weighted by Gasteiger charge is -2.36. The summed E-state index contributed by atoms with van der Waals surface area (Å²) in [6, 6.07) is 11.2. The molecule has 1 amide bonds. The van der Waals surface area contributed by atoms with Gasteiger partial charge in [0.2, 0.25) is 0 Å². The van der Waals surface area contributed by atoms with Crippen LogP contribution in [-0.4, -0.2) is 57.4 Å². The zero-order chi connectivity index (χ0) is 19.5. The third-order valence-corrected chi connectivity index (χ3v) is 5.63. The van der Waals surface area contributed by atoms with Gasteiger partial charge in [-0.15, -0.1) is 11.8 Å². The number of thioether (sulfide) groups is 1. The van der Waals surface area contributed by atoms with Crippen molar-refractivity contribution >= 4 is 28.4 Å². The van der Waals surface area contributed by atoms with Crippen LogP contribution in [0.1, 0.15) is 16.8 Å². The molecule has 0 spiro atoms. The summed E-state index contributed by atoms with van der Waals surface area (Å²) in [5.74, 6) is 0.617. The Kier molecular flexibility index (Phi) is 5.45. The Labute approximate surface area is 167 Å². The Hall–Kier alpha value is -2.64. The molecule has 1 saturated heterocycles. The molecule has 1 aliphatic heterocycles. The number of aliphatic hydroxyl groups excluding tert-OH is 1. The van der Waals surface area contributed by atoms with Crippen LogP contribution >= 0.6 is 11.8 Å². The largest absolute Gasteiger partial charge is 0.487 e. The van der Waals surface area contributed by atoms with Crippen molar-refractivity contribution in [2.75, 3.05) is 19.3 Å². The quantitative estimate of drug-likeness (QED) is 0.685. The van der Waals surface area contributed by atoms with Crippen molar-refractivity contribution in [3.05, 3.63) is 60.6 Å². The molecule has 7 heteroatoms. The van der Waals surface area contributed by atoms with Crippen LogP contribution in [0.4, 0.5) is 0 Å². The van der Waals surface area contributed by atoms with Crippen molar-refractivity contribution in [2.24, 2.45) is 0 Å². The van der Waals surface area contributed by atoms with Crippen molar-refractivity contribution in [1.82, 2.24) is 14.9 Å². The maximum absolute atomic E-state index is 12.9. The molecule has 0 radical (unpaired) electrons. The van der Waals surface area contributed by atoms with Gasteiger partial charge in [-0.25, -0.2) is 4.98 Å². The number of rotatable bonds is 4. The average Bonchev–Trinajstić information content (AvgIpc) is 2.75. The van der Waals surface area contributed by atoms with E-state index in [4.69, 9.17) is 4.74 Å². The number of hydrogen-bond donors (Lipinski definition) is 1. The highest BCUT2D eigenvalue weighted by atomic mass is 32.2. The monoisotopic (exact) mass is 395 g/mol. The van der Waals surface area contributed by atoms with Crippen LogP contribution in [0.25, 0.3) is 10.8 Å². The SMILES string of the molecule is CSc1ncccc1C(=O)N1CC[C@@H](Oc2cccc3cnccc23)[C@H](O)C1. The van der Waals surface area contributed by atoms with Crippen LogP contribution in [0.15, 0.2) is 60.0 Å². The molecule has 28 heavy (non-hydrogen) atoms. The van der Waals surface area contributed by atoms with Gasteiger partial charge in [0.15, 0.2) is 0 Å². The number of benzene rings is 1. The number of fused-ring (bicyclic) bond motifs is 1. The lowest BCUT2D eigenvalue weighted by Crippen LogP contribution is -2.51. The Morgan fingerprint density at radius 1 is 1.25 bits per heavy atom. The summed E-state index contributed by atoms with van der Waals surface area (Å²) in [6.45, 7) is 0.758. The molecule has 1 aliphatic rings. The molecule has 0 aliphatic carbocycles. The molecular formula is C21H21N3O3S. The molecule has 0 saturated carbocycles. The summed E-state index contributed by atoms with van der Waals surface area (Å²) in [4.78, 5) is 22.9. The second-order valence-electron chi connectivity index (χ2n) is 6.68. The highest BCUT2D eigenvalue weighted by molar-refractivity contribution is 7.98. The van der Waals surface area contributed by atoms with Crippen LogP contribution < -0.4 is 4.74 Å². The van der Waals surface area contributed by atoms with Gasteiger partial charge in [-0.3, -0.25) is 9.78 Å². The summed E-state index contributed by atoms with van der Waals surface area (Å²) >= 11 is 1.44. The smallest absolute Gasteiger partial charge is 0.256 e. The van der Waals surface area contributed by atoms with E-state index in [2.05, 4.69) is 9.97 Å². The van der Waals surface area contributed by atoms with Gasteiger partial charge in [0.1, 0.15) is 23.0 Å². The molecule has 3 heterocycles. The summed E-state index contributed by atoms with van der Waals surface area (Å²) in [5.41, 5.74) is 0.572. The Morgan fingerprint density at radius 2 is 2.14 bits per heavy atom. The van der Waals surface area contributed by atoms with Gasteiger partial charge in [-0.05, 0) is 30.5 Å². The number of β-amino-alcohol motifs (C(OH)–C–C–N with tert-alkyl or cyclic N) is 1. The van der Waals surface area contributed by atoms with Crippen LogP contribution in [0.2, 0.25) is 0 Å². The highest BCUT2D eigenvalue weighted by Crippen LogP contribution is 2.28. The standard InChI is InChI=1S/C21H21N3O3S/c1-28-20-16(5-3-9-23-20)21(26)24-11-8-19(17(25)13-24)27-18-6-2-4-14-12-22-10-7-15(14)18/h2-7,9-10,12,17,19,25H,8,11,13H2,1H3/t17-,19-/m1/s1. The zero-order valence-electron chi connectivity index (χ0n) is 15.5. The van der Waals surface area contributed by atoms with Gasteiger partial charge < -0.3 is 14.7 Å². The number of pyridine rings is 2. The summed E-state index contributed by atoms with van der Waals surface area (Å²) < 4.78 is 6.13. The Bertz CT molecular complexity index is 992. The third kappa shape index (κ3) is 3.68. The van der Waals surface area contributed by atoms with Gasteiger partial charge in [0.25, 0.3) is 5.91 Å². The molecule has 0 unspecified atom stereocenters. The number of amides is 1. The molecule has 3 aromatic rings. The summed E-state index contributed by atoms with van der Waals surface area (Å²) in [7, 11) is 0. The molecule has 2 aromatic heterocycles. The minimum absolute atomic E-state index is 0.105. The van der Waals surface area contributed by atoms with Crippen molar-refractivity contribution in [3.8, 4) is 5.75 Å². The molecule has 0 bridgehead atoms. The molecule has 4 rings (SSSR count). The van der Waals surface area contributed by atoms with E-state index >= 15 is 0 Å². The second-order valence-corrected chi connectivity index (χ2v) is 7.47. The Morgan fingerprint density at radius 3 is 2.96 bits per heavy atom. The summed E-state index contributed by atoms with van der Waals surface area (Å²) in [5, 5.41) is 13.3. The van der Waals surface area contributed by atoms with Crippen LogP contribution in [-0.2, 0) is 0 Å². The predicted octanol–water partition coefficient (Wildman–Crippen LogP) is 3.01. The van der Waals surface area contributed by atoms with E-state index in [0.717, 1.165) is 16.5 Å². The fourth-order valence-corrected chi connectivity index (χ4v) is 4.02. The zero-order valence-corrected chi connectivity index (χ0v) is 16.3. The van der Waals surface area contributed by atoms with Gasteiger partial charge in [0.05, 0.1) is 12.1 Å². The minimum Gasteiger partial charge on any atom is -0.487 e. The molecule has 1 aromatic carbocycles. The fourth-order valence-electron chi connectivity index (χ4n) is 3.48. The molecule has 1 N–H and O–H groups in total. The van der Waals surface area contributed by atoms with E-state index in [0.29, 0.717) is 23.6 Å². The van der Waals surface area contributed by atoms with E-state index in [9.17, 15) is 9.90 Å². The van der Waals surface area contributed by atoms with Crippen molar-refractivity contribution in [3.63, 3.8) is 0 Å². The topological polar surface area (TPSA) is 75.6 Å². The van der Waals surface area contributed by atoms with Crippen molar-refractivity contribution in [1.29, 1.82) is 0 Å². The number of carbonyl (C=O) groups is 1.